The van der Waals surface area contributed by atoms with Gasteiger partial charge in [0.1, 0.15) is 0 Å². The van der Waals surface area contributed by atoms with Crippen LogP contribution in [0.25, 0.3) is 11.5 Å². The van der Waals surface area contributed by atoms with E-state index < -0.39 is 0 Å². The lowest BCUT2D eigenvalue weighted by Crippen LogP contribution is -2.25. The van der Waals surface area contributed by atoms with Crippen molar-refractivity contribution in [1.29, 1.82) is 5.26 Å². The lowest BCUT2D eigenvalue weighted by atomic mass is 10.2. The maximum Gasteiger partial charge on any atom is 0.277 e. The molecule has 0 bridgehead atoms. The molecule has 0 saturated carbocycles. The summed E-state index contributed by atoms with van der Waals surface area (Å²) in [5.74, 6) is 1.61. The third kappa shape index (κ3) is 3.73. The monoisotopic (exact) mass is 332 g/mol. The van der Waals surface area contributed by atoms with Gasteiger partial charge in [0.2, 0.25) is 18.6 Å². The van der Waals surface area contributed by atoms with Gasteiger partial charge in [0, 0.05) is 12.1 Å². The first-order valence-corrected chi connectivity index (χ1v) is 7.75. The van der Waals surface area contributed by atoms with Gasteiger partial charge in [-0.15, -0.1) is 10.2 Å². The van der Waals surface area contributed by atoms with Crippen molar-refractivity contribution in [2.45, 2.75) is 11.6 Å². The van der Waals surface area contributed by atoms with Gasteiger partial charge >= 0.3 is 0 Å². The van der Waals surface area contributed by atoms with Crippen molar-refractivity contribution in [3.8, 4) is 29.0 Å². The molecule has 1 N–H and O–H groups in total. The Kier molecular flexibility index (Phi) is 4.63. The highest BCUT2D eigenvalue weighted by molar-refractivity contribution is 7.99. The van der Waals surface area contributed by atoms with Crippen molar-refractivity contribution < 1.29 is 18.7 Å². The molecule has 9 heteroatoms. The minimum absolute atomic E-state index is 0.147. The van der Waals surface area contributed by atoms with Crippen molar-refractivity contribution in [2.24, 2.45) is 0 Å². The van der Waals surface area contributed by atoms with E-state index in [0.29, 0.717) is 34.7 Å². The number of ether oxygens (including phenoxy) is 2. The summed E-state index contributed by atoms with van der Waals surface area (Å²) in [5, 5.41) is 19.2. The second-order valence-corrected chi connectivity index (χ2v) is 5.41. The molecule has 0 atom stereocenters. The maximum atomic E-state index is 11.5. The summed E-state index contributed by atoms with van der Waals surface area (Å²) in [4.78, 5) is 11.5. The van der Waals surface area contributed by atoms with Crippen LogP contribution in [-0.2, 0) is 4.79 Å². The highest BCUT2D eigenvalue weighted by atomic mass is 32.2. The number of hydrogen-bond donors (Lipinski definition) is 1. The Morgan fingerprint density at radius 3 is 3.09 bits per heavy atom. The lowest BCUT2D eigenvalue weighted by molar-refractivity contribution is -0.118. The number of aromatic nitrogens is 2. The summed E-state index contributed by atoms with van der Waals surface area (Å²) in [6.45, 7) is 0.535. The van der Waals surface area contributed by atoms with Crippen LogP contribution in [-0.4, -0.2) is 35.2 Å². The fourth-order valence-corrected chi connectivity index (χ4v) is 2.44. The van der Waals surface area contributed by atoms with E-state index in [-0.39, 0.29) is 24.9 Å². The molecule has 1 aliphatic rings. The molecule has 2 heterocycles. The number of nitriles is 1. The molecule has 0 spiro atoms. The zero-order valence-electron chi connectivity index (χ0n) is 11.9. The molecule has 1 aromatic carbocycles. The van der Waals surface area contributed by atoms with Gasteiger partial charge in [0.25, 0.3) is 5.22 Å². The summed E-state index contributed by atoms with van der Waals surface area (Å²) < 4.78 is 16.1. The molecule has 1 aliphatic heterocycles. The molecule has 3 rings (SSSR count). The van der Waals surface area contributed by atoms with Gasteiger partial charge in [-0.3, -0.25) is 4.79 Å². The number of hydrogen-bond acceptors (Lipinski definition) is 8. The number of carbonyl (C=O) groups excluding carboxylic acids is 1. The van der Waals surface area contributed by atoms with Crippen LogP contribution in [0.5, 0.6) is 11.5 Å². The van der Waals surface area contributed by atoms with E-state index in [9.17, 15) is 4.79 Å². The number of thioether (sulfide) groups is 1. The van der Waals surface area contributed by atoms with E-state index in [1.54, 1.807) is 18.2 Å². The van der Waals surface area contributed by atoms with Gasteiger partial charge in [0.15, 0.2) is 11.5 Å². The second kappa shape index (κ2) is 7.02. The number of amides is 1. The van der Waals surface area contributed by atoms with Crippen LogP contribution in [0.1, 0.15) is 6.42 Å². The molecule has 0 radical (unpaired) electrons. The predicted octanol–water partition coefficient (Wildman–Crippen LogP) is 1.59. The molecule has 8 nitrogen and oxygen atoms in total. The number of fused-ring (bicyclic) bond motifs is 1. The highest BCUT2D eigenvalue weighted by Gasteiger charge is 2.17. The van der Waals surface area contributed by atoms with Crippen LogP contribution in [0.2, 0.25) is 0 Å². The molecule has 0 aliphatic carbocycles. The van der Waals surface area contributed by atoms with Gasteiger partial charge in [0.05, 0.1) is 18.2 Å². The van der Waals surface area contributed by atoms with Crippen molar-refractivity contribution >= 4 is 17.7 Å². The maximum absolute atomic E-state index is 11.5. The average molecular weight is 332 g/mol. The van der Waals surface area contributed by atoms with Crippen LogP contribution in [0, 0.1) is 11.3 Å². The molecule has 0 unspecified atom stereocenters. The first-order chi connectivity index (χ1) is 11.3. The van der Waals surface area contributed by atoms with Crippen molar-refractivity contribution in [2.75, 3.05) is 19.1 Å². The summed E-state index contributed by atoms with van der Waals surface area (Å²) in [6, 6.07) is 7.29. The van der Waals surface area contributed by atoms with Gasteiger partial charge in [-0.2, -0.15) is 5.26 Å². The SMILES string of the molecule is N#CCCNC(=O)CSc1nnc(-c2ccc3c(c2)OCO3)o1. The van der Waals surface area contributed by atoms with Crippen molar-refractivity contribution in [1.82, 2.24) is 15.5 Å². The summed E-state index contributed by atoms with van der Waals surface area (Å²) in [5.41, 5.74) is 0.715. The summed E-state index contributed by atoms with van der Waals surface area (Å²) in [6.07, 6.45) is 0.283. The van der Waals surface area contributed by atoms with Gasteiger partial charge in [-0.1, -0.05) is 11.8 Å². The summed E-state index contributed by atoms with van der Waals surface area (Å²) >= 11 is 1.14. The van der Waals surface area contributed by atoms with Gasteiger partial charge in [-0.25, -0.2) is 0 Å². The molecule has 0 fully saturated rings. The molecule has 0 saturated heterocycles. The zero-order valence-corrected chi connectivity index (χ0v) is 12.8. The van der Waals surface area contributed by atoms with E-state index in [0.717, 1.165) is 11.8 Å². The lowest BCUT2D eigenvalue weighted by Gasteiger charge is -2.00. The fraction of sp³-hybridized carbons (Fsp3) is 0.286. The van der Waals surface area contributed by atoms with Crippen LogP contribution >= 0.6 is 11.8 Å². The Balaban J connectivity index is 1.58. The molecular weight excluding hydrogens is 320 g/mol. The van der Waals surface area contributed by atoms with Crippen molar-refractivity contribution in [3.05, 3.63) is 18.2 Å². The average Bonchev–Trinajstić information content (AvgIpc) is 3.21. The predicted molar refractivity (Wildman–Crippen MR) is 79.8 cm³/mol. The number of carbonyl (C=O) groups is 1. The van der Waals surface area contributed by atoms with Crippen LogP contribution in [0.4, 0.5) is 0 Å². The molecule has 1 aromatic heterocycles. The van der Waals surface area contributed by atoms with Crippen LogP contribution < -0.4 is 14.8 Å². The zero-order chi connectivity index (χ0) is 16.1. The van der Waals surface area contributed by atoms with E-state index in [1.807, 2.05) is 6.07 Å². The van der Waals surface area contributed by atoms with E-state index in [2.05, 4.69) is 15.5 Å². The third-order valence-electron chi connectivity index (χ3n) is 2.91. The van der Waals surface area contributed by atoms with E-state index in [4.69, 9.17) is 19.2 Å². The first-order valence-electron chi connectivity index (χ1n) is 6.76. The van der Waals surface area contributed by atoms with Gasteiger partial charge in [-0.05, 0) is 18.2 Å². The van der Waals surface area contributed by atoms with Crippen LogP contribution in [0.3, 0.4) is 0 Å². The van der Waals surface area contributed by atoms with E-state index >= 15 is 0 Å². The molecular formula is C14H12N4O4S. The largest absolute Gasteiger partial charge is 0.454 e. The quantitative estimate of drug-likeness (QED) is 0.627. The standard InChI is InChI=1S/C14H12N4O4S/c15-4-1-5-16-12(19)7-23-14-18-17-13(22-14)9-2-3-10-11(6-9)21-8-20-10/h2-3,6H,1,5,7-8H2,(H,16,19). The molecule has 118 valence electrons. The Hall–Kier alpha value is -2.73. The van der Waals surface area contributed by atoms with Crippen molar-refractivity contribution in [3.63, 3.8) is 0 Å². The number of nitrogens with one attached hydrogen (secondary N) is 1. The number of rotatable bonds is 6. The number of benzene rings is 1. The van der Waals surface area contributed by atoms with Gasteiger partial charge < -0.3 is 19.2 Å². The number of nitrogens with zero attached hydrogens (tertiary/aromatic N) is 3. The Morgan fingerprint density at radius 2 is 2.22 bits per heavy atom. The Morgan fingerprint density at radius 1 is 1.35 bits per heavy atom. The minimum atomic E-state index is -0.187. The topological polar surface area (TPSA) is 110 Å². The second-order valence-electron chi connectivity index (χ2n) is 4.49. The van der Waals surface area contributed by atoms with E-state index in [1.165, 1.54) is 0 Å². The molecule has 2 aromatic rings. The third-order valence-corrected chi connectivity index (χ3v) is 3.73. The molecule has 1 amide bonds. The molecule has 23 heavy (non-hydrogen) atoms. The summed E-state index contributed by atoms with van der Waals surface area (Å²) in [7, 11) is 0. The van der Waals surface area contributed by atoms with Crippen LogP contribution in [0.15, 0.2) is 27.8 Å². The normalized spacial score (nSPS) is 12.0. The fourth-order valence-electron chi connectivity index (χ4n) is 1.85. The minimum Gasteiger partial charge on any atom is -0.454 e. The first kappa shape index (κ1) is 15.2. The Bertz CT molecular complexity index is 755. The highest BCUT2D eigenvalue weighted by Crippen LogP contribution is 2.35. The Labute approximate surface area is 135 Å². The smallest absolute Gasteiger partial charge is 0.277 e.